The lowest BCUT2D eigenvalue weighted by Crippen LogP contribution is -2.45. The van der Waals surface area contributed by atoms with Crippen molar-refractivity contribution < 1.29 is 9.90 Å². The van der Waals surface area contributed by atoms with Gasteiger partial charge in [-0.1, -0.05) is 13.8 Å². The predicted octanol–water partition coefficient (Wildman–Crippen LogP) is 1.06. The smallest absolute Gasteiger partial charge is 0.315 e. The van der Waals surface area contributed by atoms with Crippen LogP contribution in [0.2, 0.25) is 0 Å². The molecule has 24 heavy (non-hydrogen) atoms. The molecule has 0 aliphatic rings. The summed E-state index contributed by atoms with van der Waals surface area (Å²) in [6.45, 7) is 5.76. The number of aliphatic hydroxyl groups is 1. The van der Waals surface area contributed by atoms with Crippen molar-refractivity contribution in [2.75, 3.05) is 6.54 Å². The third-order valence-corrected chi connectivity index (χ3v) is 4.01. The van der Waals surface area contributed by atoms with Gasteiger partial charge < -0.3 is 20.3 Å². The first kappa shape index (κ1) is 18.0. The number of aryl methyl sites for hydroxylation is 2. The first-order valence-electron chi connectivity index (χ1n) is 7.94. The van der Waals surface area contributed by atoms with Gasteiger partial charge in [-0.05, 0) is 12.8 Å². The molecule has 2 rings (SSSR count). The molecule has 132 valence electrons. The number of carbonyl (C=O) groups is 1. The molecule has 0 bridgehead atoms. The lowest BCUT2D eigenvalue weighted by atomic mass is 10.00. The number of hydrogen-bond acceptors (Lipinski definition) is 4. The van der Waals surface area contributed by atoms with Crippen molar-refractivity contribution in [1.29, 1.82) is 0 Å². The topological polar surface area (TPSA) is 97.0 Å². The fraction of sp³-hybridized carbons (Fsp3) is 0.562. The fourth-order valence-corrected chi connectivity index (χ4v) is 2.45. The standard InChI is InChI=1S/C16H26N6O2/c1-11(2)13(14-17-6-7-21(14)4)20-15(23)18-10-16(3,24)12-8-19-22(5)9-12/h6-9,11,13,24H,10H2,1-5H3,(H2,18,20,23)/t13-,16+/m0/s1. The Morgan fingerprint density at radius 2 is 2.12 bits per heavy atom. The van der Waals surface area contributed by atoms with E-state index in [1.165, 1.54) is 0 Å². The Kier molecular flexibility index (Phi) is 5.28. The number of amides is 2. The highest BCUT2D eigenvalue weighted by Crippen LogP contribution is 2.20. The van der Waals surface area contributed by atoms with Gasteiger partial charge in [0.2, 0.25) is 0 Å². The minimum absolute atomic E-state index is 0.0793. The fourth-order valence-electron chi connectivity index (χ4n) is 2.45. The van der Waals surface area contributed by atoms with Crippen LogP contribution in [0.1, 0.15) is 38.2 Å². The van der Waals surface area contributed by atoms with E-state index < -0.39 is 5.60 Å². The van der Waals surface area contributed by atoms with Crippen molar-refractivity contribution in [2.45, 2.75) is 32.4 Å². The highest BCUT2D eigenvalue weighted by molar-refractivity contribution is 5.74. The van der Waals surface area contributed by atoms with Crippen LogP contribution in [-0.4, -0.2) is 37.0 Å². The van der Waals surface area contributed by atoms with Crippen LogP contribution in [0, 0.1) is 5.92 Å². The maximum absolute atomic E-state index is 12.3. The van der Waals surface area contributed by atoms with Crippen LogP contribution in [-0.2, 0) is 19.7 Å². The molecule has 2 atom stereocenters. The van der Waals surface area contributed by atoms with Crippen molar-refractivity contribution in [2.24, 2.45) is 20.0 Å². The quantitative estimate of drug-likeness (QED) is 0.736. The van der Waals surface area contributed by atoms with Crippen LogP contribution < -0.4 is 10.6 Å². The molecule has 2 aromatic rings. The molecule has 0 radical (unpaired) electrons. The number of nitrogens with zero attached hydrogens (tertiary/aromatic N) is 4. The van der Waals surface area contributed by atoms with E-state index in [1.54, 1.807) is 37.2 Å². The first-order valence-corrected chi connectivity index (χ1v) is 7.94. The molecule has 2 heterocycles. The van der Waals surface area contributed by atoms with E-state index in [9.17, 15) is 9.90 Å². The van der Waals surface area contributed by atoms with Crippen LogP contribution in [0.3, 0.4) is 0 Å². The van der Waals surface area contributed by atoms with E-state index in [4.69, 9.17) is 0 Å². The van der Waals surface area contributed by atoms with E-state index in [2.05, 4.69) is 20.7 Å². The van der Waals surface area contributed by atoms with E-state index in [0.717, 1.165) is 5.82 Å². The number of rotatable bonds is 6. The van der Waals surface area contributed by atoms with Crippen LogP contribution in [0.15, 0.2) is 24.8 Å². The summed E-state index contributed by atoms with van der Waals surface area (Å²) in [7, 11) is 3.67. The molecule has 0 saturated carbocycles. The second-order valence-electron chi connectivity index (χ2n) is 6.62. The number of carbonyl (C=O) groups excluding carboxylic acids is 1. The highest BCUT2D eigenvalue weighted by Gasteiger charge is 2.27. The van der Waals surface area contributed by atoms with Gasteiger partial charge in [0.15, 0.2) is 0 Å². The van der Waals surface area contributed by atoms with Crippen molar-refractivity contribution in [3.8, 4) is 0 Å². The Bertz CT molecular complexity index is 688. The maximum atomic E-state index is 12.3. The molecule has 0 spiro atoms. The average molecular weight is 334 g/mol. The van der Waals surface area contributed by atoms with Crippen molar-refractivity contribution in [1.82, 2.24) is 30.0 Å². The molecule has 0 aromatic carbocycles. The van der Waals surface area contributed by atoms with Crippen molar-refractivity contribution in [3.05, 3.63) is 36.2 Å². The van der Waals surface area contributed by atoms with E-state index in [-0.39, 0.29) is 24.5 Å². The molecular formula is C16H26N6O2. The minimum atomic E-state index is -1.19. The number of hydrogen-bond donors (Lipinski definition) is 3. The van der Waals surface area contributed by atoms with Gasteiger partial charge in [-0.2, -0.15) is 5.10 Å². The maximum Gasteiger partial charge on any atom is 0.315 e. The number of aromatic nitrogens is 4. The molecule has 0 saturated heterocycles. The second kappa shape index (κ2) is 7.04. The molecule has 0 aliphatic heterocycles. The van der Waals surface area contributed by atoms with Crippen molar-refractivity contribution in [3.63, 3.8) is 0 Å². The number of nitrogens with one attached hydrogen (secondary N) is 2. The van der Waals surface area contributed by atoms with Gasteiger partial charge in [0.1, 0.15) is 11.4 Å². The summed E-state index contributed by atoms with van der Waals surface area (Å²) >= 11 is 0. The normalized spacial score (nSPS) is 15.1. The average Bonchev–Trinajstić information content (AvgIpc) is 3.11. The molecule has 0 aliphatic carbocycles. The largest absolute Gasteiger partial charge is 0.383 e. The van der Waals surface area contributed by atoms with E-state index in [1.807, 2.05) is 31.7 Å². The van der Waals surface area contributed by atoms with Gasteiger partial charge >= 0.3 is 6.03 Å². The van der Waals surface area contributed by atoms with Crippen LogP contribution in [0.25, 0.3) is 0 Å². The van der Waals surface area contributed by atoms with Crippen LogP contribution >= 0.6 is 0 Å². The molecular weight excluding hydrogens is 308 g/mol. The third kappa shape index (κ3) is 4.14. The molecule has 3 N–H and O–H groups in total. The first-order chi connectivity index (χ1) is 11.2. The zero-order valence-electron chi connectivity index (χ0n) is 14.8. The van der Waals surface area contributed by atoms with Gasteiger partial charge in [0.05, 0.1) is 18.8 Å². The van der Waals surface area contributed by atoms with Gasteiger partial charge in [0, 0.05) is 38.2 Å². The van der Waals surface area contributed by atoms with Crippen LogP contribution in [0.4, 0.5) is 4.79 Å². The number of urea groups is 1. The summed E-state index contributed by atoms with van der Waals surface area (Å²) in [5.41, 5.74) is -0.544. The predicted molar refractivity (Wildman–Crippen MR) is 90.1 cm³/mol. The summed E-state index contributed by atoms with van der Waals surface area (Å²) in [6.07, 6.45) is 6.86. The summed E-state index contributed by atoms with van der Waals surface area (Å²) in [5, 5.41) is 20.2. The van der Waals surface area contributed by atoms with Crippen LogP contribution in [0.5, 0.6) is 0 Å². The summed E-state index contributed by atoms with van der Waals surface area (Å²) in [4.78, 5) is 16.6. The number of imidazole rings is 1. The Morgan fingerprint density at radius 1 is 1.42 bits per heavy atom. The molecule has 8 heteroatoms. The molecule has 2 aromatic heterocycles. The van der Waals surface area contributed by atoms with Gasteiger partial charge in [0.25, 0.3) is 0 Å². The zero-order chi connectivity index (χ0) is 17.9. The Balaban J connectivity index is 1.98. The lowest BCUT2D eigenvalue weighted by molar-refractivity contribution is 0.0591. The highest BCUT2D eigenvalue weighted by atomic mass is 16.3. The van der Waals surface area contributed by atoms with E-state index >= 15 is 0 Å². The molecule has 0 unspecified atom stereocenters. The van der Waals surface area contributed by atoms with Crippen molar-refractivity contribution >= 4 is 6.03 Å². The second-order valence-corrected chi connectivity index (χ2v) is 6.62. The molecule has 0 fully saturated rings. The molecule has 2 amide bonds. The van der Waals surface area contributed by atoms with Gasteiger partial charge in [-0.3, -0.25) is 4.68 Å². The van der Waals surface area contributed by atoms with Gasteiger partial charge in [-0.25, -0.2) is 9.78 Å². The lowest BCUT2D eigenvalue weighted by Gasteiger charge is -2.25. The van der Waals surface area contributed by atoms with E-state index in [0.29, 0.717) is 5.56 Å². The monoisotopic (exact) mass is 334 g/mol. The zero-order valence-corrected chi connectivity index (χ0v) is 14.8. The van der Waals surface area contributed by atoms with Gasteiger partial charge in [-0.15, -0.1) is 0 Å². The Morgan fingerprint density at radius 3 is 2.62 bits per heavy atom. The summed E-state index contributed by atoms with van der Waals surface area (Å²) < 4.78 is 3.50. The summed E-state index contributed by atoms with van der Waals surface area (Å²) in [5.74, 6) is 0.967. The molecule has 8 nitrogen and oxygen atoms in total. The minimum Gasteiger partial charge on any atom is -0.383 e. The SMILES string of the molecule is CC(C)[C@H](NC(=O)NC[C@@](C)(O)c1cnn(C)c1)c1nccn1C. The third-order valence-electron chi connectivity index (χ3n) is 4.01. The Labute approximate surface area is 141 Å². The Hall–Kier alpha value is -2.35. The summed E-state index contributed by atoms with van der Waals surface area (Å²) in [6, 6.07) is -0.561.